The summed E-state index contributed by atoms with van der Waals surface area (Å²) < 4.78 is 1.99. The van der Waals surface area contributed by atoms with Gasteiger partial charge in [-0.2, -0.15) is 0 Å². The van der Waals surface area contributed by atoms with Crippen molar-refractivity contribution in [3.8, 4) is 5.69 Å². The van der Waals surface area contributed by atoms with Crippen LogP contribution in [0, 0.1) is 0 Å². The molecular formula is C22H25N5O. The molecule has 1 amide bonds. The number of fused-ring (bicyclic) bond motifs is 2. The number of amides is 1. The van der Waals surface area contributed by atoms with Crippen LogP contribution >= 0.6 is 0 Å². The Labute approximate surface area is 165 Å². The molecule has 2 aromatic heterocycles. The number of carbonyl (C=O) groups is 1. The van der Waals surface area contributed by atoms with Crippen LogP contribution in [0.15, 0.2) is 43.2 Å². The van der Waals surface area contributed by atoms with Crippen molar-refractivity contribution in [3.05, 3.63) is 54.5 Å². The van der Waals surface area contributed by atoms with Crippen LogP contribution in [-0.2, 0) is 11.2 Å². The number of anilines is 1. The summed E-state index contributed by atoms with van der Waals surface area (Å²) in [5.74, 6) is 0.207. The normalized spacial score (nSPS) is 13.3. The number of hydrogen-bond donors (Lipinski definition) is 0. The summed E-state index contributed by atoms with van der Waals surface area (Å²) in [6.07, 6.45) is 5.87. The van der Waals surface area contributed by atoms with Gasteiger partial charge >= 0.3 is 0 Å². The predicted octanol–water partition coefficient (Wildman–Crippen LogP) is 3.29. The first-order valence-corrected chi connectivity index (χ1v) is 9.62. The van der Waals surface area contributed by atoms with E-state index >= 15 is 0 Å². The molecule has 0 bridgehead atoms. The average molecular weight is 375 g/mol. The lowest BCUT2D eigenvalue weighted by Gasteiger charge is -2.18. The molecule has 1 aliphatic rings. The third-order valence-electron chi connectivity index (χ3n) is 5.16. The first-order valence-electron chi connectivity index (χ1n) is 9.62. The van der Waals surface area contributed by atoms with Gasteiger partial charge in [0, 0.05) is 24.3 Å². The number of carbonyl (C=O) groups excluding carboxylic acids is 1. The van der Waals surface area contributed by atoms with Crippen molar-refractivity contribution in [2.24, 2.45) is 0 Å². The number of hydrogen-bond acceptors (Lipinski definition) is 4. The minimum absolute atomic E-state index is 0.207. The zero-order valence-electron chi connectivity index (χ0n) is 16.4. The SMILES string of the molecule is C=Cc1ccc2ncn(-c3ccc4c(c3)CCN4C(=O)CCCN(C)C)c2n1. The molecular weight excluding hydrogens is 350 g/mol. The first kappa shape index (κ1) is 18.4. The molecule has 144 valence electrons. The van der Waals surface area contributed by atoms with E-state index in [2.05, 4.69) is 27.5 Å². The van der Waals surface area contributed by atoms with Crippen LogP contribution in [0.25, 0.3) is 22.9 Å². The second-order valence-corrected chi connectivity index (χ2v) is 7.41. The Hall–Kier alpha value is -2.99. The fourth-order valence-electron chi connectivity index (χ4n) is 3.69. The van der Waals surface area contributed by atoms with Gasteiger partial charge in [-0.3, -0.25) is 9.36 Å². The van der Waals surface area contributed by atoms with Gasteiger partial charge in [-0.15, -0.1) is 0 Å². The van der Waals surface area contributed by atoms with E-state index in [4.69, 9.17) is 0 Å². The molecule has 1 aliphatic heterocycles. The molecule has 6 nitrogen and oxygen atoms in total. The van der Waals surface area contributed by atoms with E-state index in [1.807, 2.05) is 47.8 Å². The standard InChI is InChI=1S/C22H25N5O/c1-4-17-7-9-19-22(24-17)27(15-23-19)18-8-10-20-16(14-18)11-13-26(20)21(28)6-5-12-25(2)3/h4,7-10,14-15H,1,5-6,11-13H2,2-3H3. The monoisotopic (exact) mass is 375 g/mol. The summed E-state index contributed by atoms with van der Waals surface area (Å²) >= 11 is 0. The molecule has 3 heterocycles. The molecule has 0 unspecified atom stereocenters. The Kier molecular flexibility index (Phi) is 4.96. The van der Waals surface area contributed by atoms with E-state index in [0.29, 0.717) is 6.42 Å². The maximum absolute atomic E-state index is 12.6. The number of imidazole rings is 1. The molecule has 3 aromatic rings. The average Bonchev–Trinajstić information content (AvgIpc) is 3.30. The Morgan fingerprint density at radius 2 is 2.14 bits per heavy atom. The Morgan fingerprint density at radius 3 is 2.93 bits per heavy atom. The largest absolute Gasteiger partial charge is 0.312 e. The van der Waals surface area contributed by atoms with Gasteiger partial charge in [0.25, 0.3) is 0 Å². The molecule has 0 atom stereocenters. The molecule has 4 rings (SSSR count). The van der Waals surface area contributed by atoms with Crippen molar-refractivity contribution in [2.75, 3.05) is 32.1 Å². The zero-order valence-corrected chi connectivity index (χ0v) is 16.4. The summed E-state index contributed by atoms with van der Waals surface area (Å²) in [4.78, 5) is 25.7. The second-order valence-electron chi connectivity index (χ2n) is 7.41. The molecule has 0 aliphatic carbocycles. The number of nitrogens with zero attached hydrogens (tertiary/aromatic N) is 5. The summed E-state index contributed by atoms with van der Waals surface area (Å²) in [5.41, 5.74) is 5.72. The van der Waals surface area contributed by atoms with E-state index in [0.717, 1.165) is 54.2 Å². The topological polar surface area (TPSA) is 54.3 Å². The van der Waals surface area contributed by atoms with Crippen molar-refractivity contribution in [1.82, 2.24) is 19.4 Å². The predicted molar refractivity (Wildman–Crippen MR) is 113 cm³/mol. The molecule has 0 fully saturated rings. The third kappa shape index (κ3) is 3.43. The summed E-state index contributed by atoms with van der Waals surface area (Å²) in [6.45, 7) is 5.48. The summed E-state index contributed by atoms with van der Waals surface area (Å²) in [7, 11) is 4.06. The highest BCUT2D eigenvalue weighted by molar-refractivity contribution is 5.95. The lowest BCUT2D eigenvalue weighted by atomic mass is 10.1. The maximum Gasteiger partial charge on any atom is 0.227 e. The lowest BCUT2D eigenvalue weighted by molar-refractivity contribution is -0.118. The molecule has 0 saturated heterocycles. The van der Waals surface area contributed by atoms with Gasteiger partial charge < -0.3 is 9.80 Å². The lowest BCUT2D eigenvalue weighted by Crippen LogP contribution is -2.29. The summed E-state index contributed by atoms with van der Waals surface area (Å²) in [6, 6.07) is 10.1. The van der Waals surface area contributed by atoms with Crippen LogP contribution in [0.4, 0.5) is 5.69 Å². The fraction of sp³-hybridized carbons (Fsp3) is 0.318. The van der Waals surface area contributed by atoms with E-state index in [1.165, 1.54) is 5.56 Å². The number of aromatic nitrogens is 3. The number of benzene rings is 1. The Balaban J connectivity index is 1.59. The maximum atomic E-state index is 12.6. The molecule has 0 spiro atoms. The van der Waals surface area contributed by atoms with Crippen LogP contribution < -0.4 is 4.90 Å². The van der Waals surface area contributed by atoms with Gasteiger partial charge in [0.15, 0.2) is 5.65 Å². The van der Waals surface area contributed by atoms with Crippen molar-refractivity contribution < 1.29 is 4.79 Å². The van der Waals surface area contributed by atoms with E-state index in [-0.39, 0.29) is 5.91 Å². The van der Waals surface area contributed by atoms with Gasteiger partial charge in [-0.05, 0) is 75.5 Å². The van der Waals surface area contributed by atoms with Crippen LogP contribution in [0.1, 0.15) is 24.1 Å². The highest BCUT2D eigenvalue weighted by atomic mass is 16.2. The van der Waals surface area contributed by atoms with Crippen LogP contribution in [0.5, 0.6) is 0 Å². The van der Waals surface area contributed by atoms with E-state index < -0.39 is 0 Å². The van der Waals surface area contributed by atoms with Crippen molar-refractivity contribution in [3.63, 3.8) is 0 Å². The Bertz CT molecular complexity index is 1040. The number of pyridine rings is 1. The molecule has 0 saturated carbocycles. The first-order chi connectivity index (χ1) is 13.6. The van der Waals surface area contributed by atoms with Crippen LogP contribution in [0.2, 0.25) is 0 Å². The third-order valence-corrected chi connectivity index (χ3v) is 5.16. The zero-order chi connectivity index (χ0) is 19.7. The van der Waals surface area contributed by atoms with E-state index in [1.54, 1.807) is 12.4 Å². The second kappa shape index (κ2) is 7.56. The quantitative estimate of drug-likeness (QED) is 0.663. The smallest absolute Gasteiger partial charge is 0.227 e. The van der Waals surface area contributed by atoms with Gasteiger partial charge in [-0.1, -0.05) is 6.58 Å². The highest BCUT2D eigenvalue weighted by Crippen LogP contribution is 2.31. The van der Waals surface area contributed by atoms with E-state index in [9.17, 15) is 4.79 Å². The minimum Gasteiger partial charge on any atom is -0.312 e. The molecule has 1 aromatic carbocycles. The minimum atomic E-state index is 0.207. The summed E-state index contributed by atoms with van der Waals surface area (Å²) in [5, 5.41) is 0. The van der Waals surface area contributed by atoms with Crippen LogP contribution in [0.3, 0.4) is 0 Å². The van der Waals surface area contributed by atoms with Gasteiger partial charge in [-0.25, -0.2) is 9.97 Å². The molecule has 28 heavy (non-hydrogen) atoms. The van der Waals surface area contributed by atoms with Crippen LogP contribution in [-0.4, -0.2) is 52.5 Å². The van der Waals surface area contributed by atoms with Crippen molar-refractivity contribution >= 4 is 28.8 Å². The fourth-order valence-corrected chi connectivity index (χ4v) is 3.69. The van der Waals surface area contributed by atoms with Crippen molar-refractivity contribution in [1.29, 1.82) is 0 Å². The molecule has 0 radical (unpaired) electrons. The van der Waals surface area contributed by atoms with Gasteiger partial charge in [0.05, 0.1) is 5.69 Å². The van der Waals surface area contributed by atoms with Crippen molar-refractivity contribution in [2.45, 2.75) is 19.3 Å². The number of rotatable bonds is 6. The highest BCUT2D eigenvalue weighted by Gasteiger charge is 2.24. The Morgan fingerprint density at radius 1 is 1.29 bits per heavy atom. The molecule has 6 heteroatoms. The van der Waals surface area contributed by atoms with Gasteiger partial charge in [0.1, 0.15) is 11.8 Å². The van der Waals surface area contributed by atoms with Gasteiger partial charge in [0.2, 0.25) is 5.91 Å². The molecule has 0 N–H and O–H groups in total.